The average molecular weight is 417 g/mol. The zero-order valence-corrected chi connectivity index (χ0v) is 17.7. The number of aryl methyl sites for hydroxylation is 4. The zero-order chi connectivity index (χ0) is 21.5. The van der Waals surface area contributed by atoms with Crippen molar-refractivity contribution in [3.8, 4) is 11.3 Å². The van der Waals surface area contributed by atoms with E-state index in [0.717, 1.165) is 57.9 Å². The van der Waals surface area contributed by atoms with E-state index in [-0.39, 0.29) is 5.91 Å². The predicted molar refractivity (Wildman–Crippen MR) is 113 cm³/mol. The smallest absolute Gasteiger partial charge is 0.287 e. The maximum atomic E-state index is 12.9. The van der Waals surface area contributed by atoms with Crippen molar-refractivity contribution in [3.05, 3.63) is 76.0 Å². The second-order valence-corrected chi connectivity index (χ2v) is 7.86. The number of carbonyl (C=O) groups is 1. The predicted octanol–water partition coefficient (Wildman–Crippen LogP) is 3.53. The number of furan rings is 1. The lowest BCUT2D eigenvalue weighted by Crippen LogP contribution is -2.23. The summed E-state index contributed by atoms with van der Waals surface area (Å²) in [5.74, 6) is 1.61. The molecule has 1 aliphatic rings. The van der Waals surface area contributed by atoms with Gasteiger partial charge in [0.2, 0.25) is 0 Å². The monoisotopic (exact) mass is 417 g/mol. The SMILES string of the molecule is Cc1noc(C)c1CNC(=O)c1oc2c(c1C)-c1nn(Cc3ccccn3)cc1CC2. The molecular formula is C23H23N5O3. The van der Waals surface area contributed by atoms with Gasteiger partial charge in [-0.15, -0.1) is 0 Å². The molecule has 0 aliphatic heterocycles. The molecule has 5 rings (SSSR count). The van der Waals surface area contributed by atoms with Crippen LogP contribution in [0.25, 0.3) is 11.3 Å². The number of hydrogen-bond donors (Lipinski definition) is 1. The Hall–Kier alpha value is -3.68. The molecule has 0 saturated heterocycles. The van der Waals surface area contributed by atoms with E-state index < -0.39 is 0 Å². The van der Waals surface area contributed by atoms with Gasteiger partial charge in [-0.25, -0.2) is 0 Å². The number of nitrogens with one attached hydrogen (secondary N) is 1. The Morgan fingerprint density at radius 2 is 2.10 bits per heavy atom. The summed E-state index contributed by atoms with van der Waals surface area (Å²) in [5.41, 5.74) is 6.41. The first-order valence-electron chi connectivity index (χ1n) is 10.3. The van der Waals surface area contributed by atoms with E-state index in [4.69, 9.17) is 14.0 Å². The number of carbonyl (C=O) groups excluding carboxylic acids is 1. The highest BCUT2D eigenvalue weighted by Gasteiger charge is 2.30. The molecule has 0 fully saturated rings. The van der Waals surface area contributed by atoms with Crippen molar-refractivity contribution >= 4 is 5.91 Å². The third kappa shape index (κ3) is 3.43. The molecule has 1 N–H and O–H groups in total. The molecule has 4 aromatic heterocycles. The Morgan fingerprint density at radius 1 is 1.23 bits per heavy atom. The van der Waals surface area contributed by atoms with Gasteiger partial charge in [0.15, 0.2) is 5.76 Å². The van der Waals surface area contributed by atoms with E-state index in [1.54, 1.807) is 6.20 Å². The third-order valence-electron chi connectivity index (χ3n) is 5.78. The molecule has 1 amide bonds. The van der Waals surface area contributed by atoms with Crippen LogP contribution in [0.15, 0.2) is 39.5 Å². The van der Waals surface area contributed by atoms with Gasteiger partial charge in [-0.3, -0.25) is 14.5 Å². The second kappa shape index (κ2) is 7.54. The summed E-state index contributed by atoms with van der Waals surface area (Å²) >= 11 is 0. The largest absolute Gasteiger partial charge is 0.455 e. The van der Waals surface area contributed by atoms with Gasteiger partial charge in [0.05, 0.1) is 23.6 Å². The molecule has 4 heterocycles. The summed E-state index contributed by atoms with van der Waals surface area (Å²) < 4.78 is 13.1. The van der Waals surface area contributed by atoms with Crippen molar-refractivity contribution in [3.63, 3.8) is 0 Å². The van der Waals surface area contributed by atoms with E-state index in [9.17, 15) is 4.79 Å². The molecular weight excluding hydrogens is 394 g/mol. The number of amides is 1. The Bertz CT molecular complexity index is 1250. The molecule has 0 spiro atoms. The molecule has 31 heavy (non-hydrogen) atoms. The summed E-state index contributed by atoms with van der Waals surface area (Å²) in [4.78, 5) is 17.2. The molecule has 0 radical (unpaired) electrons. The van der Waals surface area contributed by atoms with Gasteiger partial charge in [-0.2, -0.15) is 5.10 Å². The normalized spacial score (nSPS) is 12.5. The van der Waals surface area contributed by atoms with Gasteiger partial charge >= 0.3 is 0 Å². The Labute approximate surface area is 179 Å². The number of nitrogens with zero attached hydrogens (tertiary/aromatic N) is 4. The first-order chi connectivity index (χ1) is 15.0. The first kappa shape index (κ1) is 19.3. The standard InChI is InChI=1S/C23H23N5O3/c1-13-20-19(30-22(13)23(29)25-10-18-14(2)27-31-15(18)3)8-7-16-11-28(26-21(16)20)12-17-6-4-5-9-24-17/h4-6,9,11H,7-8,10,12H2,1-3H3,(H,25,29). The number of fused-ring (bicyclic) bond motifs is 3. The van der Waals surface area contributed by atoms with E-state index >= 15 is 0 Å². The van der Waals surface area contributed by atoms with E-state index in [2.05, 4.69) is 21.7 Å². The number of rotatable bonds is 5. The zero-order valence-electron chi connectivity index (χ0n) is 17.7. The number of hydrogen-bond acceptors (Lipinski definition) is 6. The van der Waals surface area contributed by atoms with Gasteiger partial charge in [-0.1, -0.05) is 11.2 Å². The Morgan fingerprint density at radius 3 is 2.84 bits per heavy atom. The first-order valence-corrected chi connectivity index (χ1v) is 10.3. The van der Waals surface area contributed by atoms with Gasteiger partial charge < -0.3 is 14.3 Å². The van der Waals surface area contributed by atoms with Crippen LogP contribution < -0.4 is 5.32 Å². The molecule has 0 aromatic carbocycles. The van der Waals surface area contributed by atoms with Crippen LogP contribution in [0.5, 0.6) is 0 Å². The molecule has 0 unspecified atom stereocenters. The van der Waals surface area contributed by atoms with Gasteiger partial charge in [0, 0.05) is 42.0 Å². The third-order valence-corrected chi connectivity index (χ3v) is 5.78. The van der Waals surface area contributed by atoms with Crippen LogP contribution >= 0.6 is 0 Å². The van der Waals surface area contributed by atoms with Crippen LogP contribution in [0, 0.1) is 20.8 Å². The summed E-state index contributed by atoms with van der Waals surface area (Å²) in [5, 5.41) is 11.7. The van der Waals surface area contributed by atoms with Crippen molar-refractivity contribution in [2.45, 2.75) is 46.7 Å². The molecule has 8 heteroatoms. The van der Waals surface area contributed by atoms with Crippen LogP contribution in [0.2, 0.25) is 0 Å². The van der Waals surface area contributed by atoms with Gasteiger partial charge in [-0.05, 0) is 44.9 Å². The fourth-order valence-electron chi connectivity index (χ4n) is 4.12. The summed E-state index contributed by atoms with van der Waals surface area (Å²) in [6, 6.07) is 5.85. The maximum absolute atomic E-state index is 12.9. The maximum Gasteiger partial charge on any atom is 0.287 e. The minimum absolute atomic E-state index is 0.249. The second-order valence-electron chi connectivity index (χ2n) is 7.86. The quantitative estimate of drug-likeness (QED) is 0.533. The van der Waals surface area contributed by atoms with Crippen molar-refractivity contribution in [1.29, 1.82) is 0 Å². The van der Waals surface area contributed by atoms with Crippen molar-refractivity contribution < 1.29 is 13.7 Å². The molecule has 0 saturated carbocycles. The summed E-state index contributed by atoms with van der Waals surface area (Å²) in [7, 11) is 0. The molecule has 1 aliphatic carbocycles. The van der Waals surface area contributed by atoms with E-state index in [1.165, 1.54) is 0 Å². The van der Waals surface area contributed by atoms with Crippen molar-refractivity contribution in [2.75, 3.05) is 0 Å². The topological polar surface area (TPSA) is 99.0 Å². The number of aromatic nitrogens is 4. The highest BCUT2D eigenvalue weighted by atomic mass is 16.5. The average Bonchev–Trinajstić information content (AvgIpc) is 3.42. The van der Waals surface area contributed by atoms with Crippen LogP contribution in [-0.4, -0.2) is 25.8 Å². The lowest BCUT2D eigenvalue weighted by molar-refractivity contribution is 0.0920. The molecule has 158 valence electrons. The van der Waals surface area contributed by atoms with Gasteiger partial charge in [0.25, 0.3) is 5.91 Å². The van der Waals surface area contributed by atoms with E-state index in [1.807, 2.05) is 43.7 Å². The lowest BCUT2D eigenvalue weighted by atomic mass is 9.93. The Balaban J connectivity index is 1.40. The molecule has 8 nitrogen and oxygen atoms in total. The highest BCUT2D eigenvalue weighted by molar-refractivity contribution is 5.95. The molecule has 4 aromatic rings. The lowest BCUT2D eigenvalue weighted by Gasteiger charge is -2.09. The summed E-state index contributed by atoms with van der Waals surface area (Å²) in [6.07, 6.45) is 5.42. The van der Waals surface area contributed by atoms with Crippen molar-refractivity contribution in [1.82, 2.24) is 25.2 Å². The fraction of sp³-hybridized carbons (Fsp3) is 0.304. The minimum atomic E-state index is -0.249. The molecule has 0 bridgehead atoms. The van der Waals surface area contributed by atoms with Gasteiger partial charge in [0.1, 0.15) is 11.5 Å². The van der Waals surface area contributed by atoms with E-state index in [0.29, 0.717) is 24.6 Å². The fourth-order valence-corrected chi connectivity index (χ4v) is 4.12. The van der Waals surface area contributed by atoms with Crippen molar-refractivity contribution in [2.24, 2.45) is 0 Å². The van der Waals surface area contributed by atoms with Crippen LogP contribution in [0.4, 0.5) is 0 Å². The number of pyridine rings is 1. The van der Waals surface area contributed by atoms with Crippen LogP contribution in [0.1, 0.15) is 50.2 Å². The minimum Gasteiger partial charge on any atom is -0.455 e. The summed E-state index contributed by atoms with van der Waals surface area (Å²) in [6.45, 7) is 6.55. The Kier molecular flexibility index (Phi) is 4.69. The van der Waals surface area contributed by atoms with Crippen LogP contribution in [0.3, 0.4) is 0 Å². The highest BCUT2D eigenvalue weighted by Crippen LogP contribution is 2.38. The molecule has 0 atom stereocenters. The van der Waals surface area contributed by atoms with Crippen LogP contribution in [-0.2, 0) is 25.9 Å².